The number of benzene rings is 1. The molecule has 1 aliphatic rings. The Morgan fingerprint density at radius 2 is 1.48 bits per heavy atom. The number of carbonyl (C=O) groups excluding carboxylic acids is 1. The van der Waals surface area contributed by atoms with E-state index < -0.39 is 21.8 Å². The van der Waals surface area contributed by atoms with E-state index >= 15 is 0 Å². The summed E-state index contributed by atoms with van der Waals surface area (Å²) in [4.78, 5) is 11.8. The molecule has 0 aromatic heterocycles. The van der Waals surface area contributed by atoms with Crippen LogP contribution in [-0.4, -0.2) is 31.7 Å². The van der Waals surface area contributed by atoms with Crippen LogP contribution in [0.5, 0.6) is 0 Å². The lowest BCUT2D eigenvalue weighted by Gasteiger charge is -2.32. The minimum Gasteiger partial charge on any atom is -0.369 e. The molecule has 2 rings (SSSR count). The Balaban J connectivity index is 2.55. The first-order chi connectivity index (χ1) is 10.6. The van der Waals surface area contributed by atoms with E-state index in [4.69, 9.17) is 5.73 Å². The van der Waals surface area contributed by atoms with Crippen LogP contribution in [0.15, 0.2) is 4.90 Å². The van der Waals surface area contributed by atoms with Gasteiger partial charge in [0, 0.05) is 13.1 Å². The lowest BCUT2D eigenvalue weighted by Crippen LogP contribution is -2.44. The van der Waals surface area contributed by atoms with Crippen LogP contribution in [0.2, 0.25) is 0 Å². The van der Waals surface area contributed by atoms with Crippen molar-refractivity contribution >= 4 is 15.9 Å². The van der Waals surface area contributed by atoms with Gasteiger partial charge in [-0.1, -0.05) is 0 Å². The van der Waals surface area contributed by atoms with Gasteiger partial charge in [0.1, 0.15) is 0 Å². The molecular formula is C17H26N2O3S. The highest BCUT2D eigenvalue weighted by Crippen LogP contribution is 2.33. The monoisotopic (exact) mass is 338 g/mol. The normalized spacial score (nSPS) is 19.8. The number of carbonyl (C=O) groups is 1. The molecule has 0 bridgehead atoms. The van der Waals surface area contributed by atoms with Crippen molar-refractivity contribution in [3.05, 3.63) is 27.8 Å². The molecule has 128 valence electrons. The van der Waals surface area contributed by atoms with Gasteiger partial charge in [-0.15, -0.1) is 0 Å². The van der Waals surface area contributed by atoms with Crippen molar-refractivity contribution < 1.29 is 13.2 Å². The third kappa shape index (κ3) is 3.02. The maximum atomic E-state index is 13.2. The van der Waals surface area contributed by atoms with E-state index in [1.807, 2.05) is 34.6 Å². The Labute approximate surface area is 138 Å². The van der Waals surface area contributed by atoms with Gasteiger partial charge in [0.2, 0.25) is 15.9 Å². The second-order valence-corrected chi connectivity index (χ2v) is 8.43. The predicted octanol–water partition coefficient (Wildman–Crippen LogP) is 2.11. The minimum atomic E-state index is -3.63. The summed E-state index contributed by atoms with van der Waals surface area (Å²) in [5, 5.41) is 0. The third-order valence-electron chi connectivity index (χ3n) is 5.32. The van der Waals surface area contributed by atoms with E-state index in [0.717, 1.165) is 27.8 Å². The van der Waals surface area contributed by atoms with Gasteiger partial charge in [-0.05, 0) is 75.3 Å². The molecule has 23 heavy (non-hydrogen) atoms. The SMILES string of the molecule is Cc1c(C)c(C)c(S(=O)(=O)N2CCCC(C(N)=O)C2)c(C)c1C. The van der Waals surface area contributed by atoms with Crippen LogP contribution in [0.25, 0.3) is 0 Å². The number of piperidine rings is 1. The minimum absolute atomic E-state index is 0.183. The Morgan fingerprint density at radius 1 is 1.00 bits per heavy atom. The zero-order chi connectivity index (χ0) is 17.5. The summed E-state index contributed by atoms with van der Waals surface area (Å²) in [7, 11) is -3.63. The first-order valence-corrected chi connectivity index (χ1v) is 9.39. The second kappa shape index (κ2) is 6.24. The van der Waals surface area contributed by atoms with Crippen molar-refractivity contribution in [2.75, 3.05) is 13.1 Å². The molecule has 1 amide bonds. The largest absolute Gasteiger partial charge is 0.369 e. The maximum absolute atomic E-state index is 13.2. The molecule has 0 spiro atoms. The van der Waals surface area contributed by atoms with Crippen molar-refractivity contribution in [1.82, 2.24) is 4.31 Å². The van der Waals surface area contributed by atoms with Crippen LogP contribution in [-0.2, 0) is 14.8 Å². The molecule has 0 radical (unpaired) electrons. The maximum Gasteiger partial charge on any atom is 0.243 e. The van der Waals surface area contributed by atoms with Gasteiger partial charge >= 0.3 is 0 Å². The van der Waals surface area contributed by atoms with Gasteiger partial charge in [0.05, 0.1) is 10.8 Å². The molecule has 5 nitrogen and oxygen atoms in total. The molecule has 1 atom stereocenters. The highest BCUT2D eigenvalue weighted by molar-refractivity contribution is 7.89. The van der Waals surface area contributed by atoms with E-state index in [-0.39, 0.29) is 6.54 Å². The zero-order valence-corrected chi connectivity index (χ0v) is 15.4. The van der Waals surface area contributed by atoms with Crippen molar-refractivity contribution in [2.45, 2.75) is 52.4 Å². The molecule has 1 saturated heterocycles. The van der Waals surface area contributed by atoms with Gasteiger partial charge in [-0.25, -0.2) is 8.42 Å². The Kier molecular flexibility index (Phi) is 4.87. The molecule has 1 fully saturated rings. The molecule has 2 N–H and O–H groups in total. The third-order valence-corrected chi connectivity index (χ3v) is 7.46. The lowest BCUT2D eigenvalue weighted by molar-refractivity contribution is -0.122. The fraction of sp³-hybridized carbons (Fsp3) is 0.588. The number of hydrogen-bond donors (Lipinski definition) is 1. The highest BCUT2D eigenvalue weighted by atomic mass is 32.2. The van der Waals surface area contributed by atoms with Crippen LogP contribution in [0.4, 0.5) is 0 Å². The van der Waals surface area contributed by atoms with Crippen molar-refractivity contribution in [2.24, 2.45) is 11.7 Å². The average Bonchev–Trinajstić information content (AvgIpc) is 2.51. The number of hydrogen-bond acceptors (Lipinski definition) is 3. The molecule has 1 aliphatic heterocycles. The summed E-state index contributed by atoms with van der Waals surface area (Å²) in [6.45, 7) is 10.3. The molecule has 1 aromatic carbocycles. The average molecular weight is 338 g/mol. The van der Waals surface area contributed by atoms with Crippen LogP contribution in [0.3, 0.4) is 0 Å². The van der Waals surface area contributed by atoms with E-state index in [2.05, 4.69) is 0 Å². The zero-order valence-electron chi connectivity index (χ0n) is 14.6. The number of rotatable bonds is 3. The number of sulfonamides is 1. The van der Waals surface area contributed by atoms with E-state index in [9.17, 15) is 13.2 Å². The number of amides is 1. The fourth-order valence-corrected chi connectivity index (χ4v) is 5.46. The summed E-state index contributed by atoms with van der Waals surface area (Å²) in [5.74, 6) is -0.818. The van der Waals surface area contributed by atoms with Crippen molar-refractivity contribution in [1.29, 1.82) is 0 Å². The van der Waals surface area contributed by atoms with Crippen LogP contribution in [0.1, 0.15) is 40.7 Å². The van der Waals surface area contributed by atoms with E-state index in [1.165, 1.54) is 4.31 Å². The smallest absolute Gasteiger partial charge is 0.243 e. The number of primary amides is 1. The van der Waals surface area contributed by atoms with Gasteiger partial charge in [-0.2, -0.15) is 4.31 Å². The van der Waals surface area contributed by atoms with E-state index in [0.29, 0.717) is 24.3 Å². The van der Waals surface area contributed by atoms with Crippen LogP contribution < -0.4 is 5.73 Å². The first-order valence-electron chi connectivity index (χ1n) is 7.95. The molecule has 6 heteroatoms. The number of nitrogens with two attached hydrogens (primary N) is 1. The Bertz CT molecular complexity index is 725. The molecular weight excluding hydrogens is 312 g/mol. The topological polar surface area (TPSA) is 80.5 Å². The predicted molar refractivity (Wildman–Crippen MR) is 90.8 cm³/mol. The summed E-state index contributed by atoms with van der Waals surface area (Å²) in [6, 6.07) is 0. The van der Waals surface area contributed by atoms with E-state index in [1.54, 1.807) is 0 Å². The quantitative estimate of drug-likeness (QED) is 0.916. The second-order valence-electron chi connectivity index (χ2n) is 6.56. The molecule has 1 unspecified atom stereocenters. The Morgan fingerprint density at radius 3 is 1.96 bits per heavy atom. The highest BCUT2D eigenvalue weighted by Gasteiger charge is 2.35. The standard InChI is InChI=1S/C17H26N2O3S/c1-10-11(2)13(4)16(14(5)12(10)3)23(21,22)19-8-6-7-15(9-19)17(18)20/h15H,6-9H2,1-5H3,(H2,18,20). The summed E-state index contributed by atoms with van der Waals surface area (Å²) < 4.78 is 27.8. The summed E-state index contributed by atoms with van der Waals surface area (Å²) in [5.41, 5.74) is 10.1. The lowest BCUT2D eigenvalue weighted by atomic mass is 9.95. The molecule has 1 aromatic rings. The van der Waals surface area contributed by atoms with Gasteiger partial charge in [0.15, 0.2) is 0 Å². The Hall–Kier alpha value is -1.40. The summed E-state index contributed by atoms with van der Waals surface area (Å²) >= 11 is 0. The van der Waals surface area contributed by atoms with Gasteiger partial charge in [-0.3, -0.25) is 4.79 Å². The summed E-state index contributed by atoms with van der Waals surface area (Å²) in [6.07, 6.45) is 1.32. The van der Waals surface area contributed by atoms with Gasteiger partial charge < -0.3 is 5.73 Å². The van der Waals surface area contributed by atoms with Gasteiger partial charge in [0.25, 0.3) is 0 Å². The van der Waals surface area contributed by atoms with Crippen molar-refractivity contribution in [3.63, 3.8) is 0 Å². The molecule has 1 heterocycles. The van der Waals surface area contributed by atoms with Crippen LogP contribution in [0, 0.1) is 40.5 Å². The molecule has 0 aliphatic carbocycles. The van der Waals surface area contributed by atoms with Crippen molar-refractivity contribution in [3.8, 4) is 0 Å². The van der Waals surface area contributed by atoms with Crippen LogP contribution >= 0.6 is 0 Å². The molecule has 0 saturated carbocycles. The number of nitrogens with zero attached hydrogens (tertiary/aromatic N) is 1. The first kappa shape index (κ1) is 17.9. The fourth-order valence-electron chi connectivity index (χ4n) is 3.37.